The van der Waals surface area contributed by atoms with Gasteiger partial charge in [-0.1, -0.05) is 146 Å². The Hall–Kier alpha value is -8.44. The van der Waals surface area contributed by atoms with Gasteiger partial charge in [-0.25, -0.2) is 0 Å². The highest BCUT2D eigenvalue weighted by Crippen LogP contribution is 2.49. The van der Waals surface area contributed by atoms with Crippen molar-refractivity contribution in [3.63, 3.8) is 0 Å². The van der Waals surface area contributed by atoms with Crippen molar-refractivity contribution >= 4 is 114 Å². The van der Waals surface area contributed by atoms with Crippen LogP contribution in [-0.2, 0) is 0 Å². The fourth-order valence-electron chi connectivity index (χ4n) is 10.6. The van der Waals surface area contributed by atoms with Gasteiger partial charge < -0.3 is 13.9 Å². The number of hydrogen-bond acceptors (Lipinski definition) is 3. The molecule has 0 N–H and O–H groups in total. The number of anilines is 3. The van der Waals surface area contributed by atoms with Crippen LogP contribution in [0.25, 0.3) is 113 Å². The van der Waals surface area contributed by atoms with E-state index in [0.29, 0.717) is 0 Å². The first-order valence-corrected chi connectivity index (χ1v) is 23.3. The van der Waals surface area contributed by atoms with Crippen LogP contribution < -0.4 is 4.90 Å². The minimum atomic E-state index is 0.876. The third-order valence-corrected chi connectivity index (χ3v) is 14.7. The van der Waals surface area contributed by atoms with E-state index >= 15 is 0 Å². The van der Waals surface area contributed by atoms with Crippen LogP contribution in [0, 0.1) is 0 Å². The standard InChI is InChI=1S/C62H38N2OS/c1-3-16-42(17-4-1)63(44-30-27-39(28-31-44)52-35-40-15-7-8-20-46(40)47-21-9-10-22-48(47)52)45-32-34-54-53(37-45)61-55(64(54)43-18-5-2-6-19-43)38-57-62(51-24-11-13-25-56(51)65-57)60(61)41-29-33-50-49-23-12-14-26-58(49)66-59(50)36-41/h1-38H. The van der Waals surface area contributed by atoms with Gasteiger partial charge in [0.05, 0.1) is 11.0 Å². The van der Waals surface area contributed by atoms with Crippen molar-refractivity contribution in [2.45, 2.75) is 0 Å². The highest BCUT2D eigenvalue weighted by Gasteiger charge is 2.25. The van der Waals surface area contributed by atoms with Crippen LogP contribution in [0.5, 0.6) is 0 Å². The van der Waals surface area contributed by atoms with E-state index in [2.05, 4.69) is 240 Å². The van der Waals surface area contributed by atoms with Gasteiger partial charge in [0.2, 0.25) is 0 Å². The van der Waals surface area contributed by atoms with Crippen LogP contribution in [0.3, 0.4) is 0 Å². The zero-order valence-corrected chi connectivity index (χ0v) is 36.5. The molecule has 3 heterocycles. The van der Waals surface area contributed by atoms with Gasteiger partial charge in [0.15, 0.2) is 0 Å². The summed E-state index contributed by atoms with van der Waals surface area (Å²) in [7, 11) is 0. The molecule has 0 fully saturated rings. The Bertz CT molecular complexity index is 4220. The summed E-state index contributed by atoms with van der Waals surface area (Å²) in [4.78, 5) is 2.39. The van der Waals surface area contributed by atoms with Crippen molar-refractivity contribution in [2.75, 3.05) is 4.90 Å². The first kappa shape index (κ1) is 37.0. The molecule has 66 heavy (non-hydrogen) atoms. The van der Waals surface area contributed by atoms with Gasteiger partial charge in [-0.2, -0.15) is 0 Å². The lowest BCUT2D eigenvalue weighted by Crippen LogP contribution is -2.09. The lowest BCUT2D eigenvalue weighted by Gasteiger charge is -2.26. The number of hydrogen-bond donors (Lipinski definition) is 0. The number of rotatable bonds is 6. The second kappa shape index (κ2) is 14.5. The van der Waals surface area contributed by atoms with Crippen LogP contribution in [0.4, 0.5) is 17.1 Å². The minimum Gasteiger partial charge on any atom is -0.456 e. The third kappa shape index (κ3) is 5.62. The summed E-state index contributed by atoms with van der Waals surface area (Å²) in [6.07, 6.45) is 0. The monoisotopic (exact) mass is 858 g/mol. The van der Waals surface area contributed by atoms with Gasteiger partial charge in [-0.05, 0) is 117 Å². The largest absolute Gasteiger partial charge is 0.456 e. The minimum absolute atomic E-state index is 0.876. The fraction of sp³-hybridized carbons (Fsp3) is 0. The zero-order chi connectivity index (χ0) is 43.3. The number of thiophene rings is 1. The third-order valence-electron chi connectivity index (χ3n) is 13.5. The Balaban J connectivity index is 1.03. The van der Waals surface area contributed by atoms with Crippen LogP contribution in [0.15, 0.2) is 235 Å². The second-order valence-corrected chi connectivity index (χ2v) is 18.3. The molecular weight excluding hydrogens is 821 g/mol. The summed E-state index contributed by atoms with van der Waals surface area (Å²) in [5.41, 5.74) is 13.1. The zero-order valence-electron chi connectivity index (χ0n) is 35.7. The van der Waals surface area contributed by atoms with E-state index in [1.165, 1.54) is 74.7 Å². The normalized spacial score (nSPS) is 11.9. The molecule has 0 atom stereocenters. The molecular formula is C62H38N2OS. The number of benzene rings is 11. The Morgan fingerprint density at radius 1 is 0.364 bits per heavy atom. The van der Waals surface area contributed by atoms with Crippen LogP contribution in [-0.4, -0.2) is 4.57 Å². The number of furan rings is 1. The second-order valence-electron chi connectivity index (χ2n) is 17.2. The van der Waals surface area contributed by atoms with E-state index in [9.17, 15) is 0 Å². The van der Waals surface area contributed by atoms with Gasteiger partial charge in [0.25, 0.3) is 0 Å². The molecule has 0 aliphatic rings. The molecule has 0 bridgehead atoms. The topological polar surface area (TPSA) is 21.3 Å². The molecule has 11 aromatic carbocycles. The Morgan fingerprint density at radius 3 is 1.83 bits per heavy atom. The number of aromatic nitrogens is 1. The van der Waals surface area contributed by atoms with Crippen molar-refractivity contribution in [1.82, 2.24) is 4.57 Å². The maximum absolute atomic E-state index is 6.79. The number of nitrogens with zero attached hydrogens (tertiary/aromatic N) is 2. The lowest BCUT2D eigenvalue weighted by atomic mass is 9.93. The van der Waals surface area contributed by atoms with E-state index < -0.39 is 0 Å². The van der Waals surface area contributed by atoms with Crippen molar-refractivity contribution in [1.29, 1.82) is 0 Å². The predicted molar refractivity (Wildman–Crippen MR) is 282 cm³/mol. The van der Waals surface area contributed by atoms with Crippen molar-refractivity contribution in [3.8, 4) is 27.9 Å². The summed E-state index contributed by atoms with van der Waals surface area (Å²) in [5, 5.41) is 12.2. The first-order chi connectivity index (χ1) is 32.7. The summed E-state index contributed by atoms with van der Waals surface area (Å²) in [6.45, 7) is 0. The molecule has 0 amide bonds. The summed E-state index contributed by atoms with van der Waals surface area (Å²) in [6, 6.07) is 83.9. The molecule has 4 heteroatoms. The maximum atomic E-state index is 6.79. The first-order valence-electron chi connectivity index (χ1n) is 22.5. The predicted octanol–water partition coefficient (Wildman–Crippen LogP) is 18.2. The van der Waals surface area contributed by atoms with E-state index in [1.807, 2.05) is 11.3 Å². The Kier molecular flexibility index (Phi) is 8.15. The molecule has 0 spiro atoms. The SMILES string of the molecule is c1ccc(N(c2ccc(-c3cc4ccccc4c4ccccc34)cc2)c2ccc3c(c2)c2c(-c4ccc5c(c4)sc4ccccc45)c4c(cc2n3-c2ccccc2)oc2ccccc24)cc1. The molecule has 0 radical (unpaired) electrons. The Labute approximate surface area is 384 Å². The molecule has 0 aliphatic heterocycles. The molecule has 3 nitrogen and oxygen atoms in total. The van der Waals surface area contributed by atoms with Gasteiger partial charge in [-0.3, -0.25) is 0 Å². The van der Waals surface area contributed by atoms with E-state index in [-0.39, 0.29) is 0 Å². The molecule has 0 unspecified atom stereocenters. The molecule has 14 rings (SSSR count). The average molecular weight is 859 g/mol. The highest BCUT2D eigenvalue weighted by molar-refractivity contribution is 7.25. The van der Waals surface area contributed by atoms with E-state index in [1.54, 1.807) is 0 Å². The van der Waals surface area contributed by atoms with Crippen LogP contribution >= 0.6 is 11.3 Å². The van der Waals surface area contributed by atoms with Gasteiger partial charge in [-0.15, -0.1) is 11.3 Å². The van der Waals surface area contributed by atoms with Crippen molar-refractivity contribution in [2.24, 2.45) is 0 Å². The van der Waals surface area contributed by atoms with Gasteiger partial charge >= 0.3 is 0 Å². The smallest absolute Gasteiger partial charge is 0.138 e. The highest BCUT2D eigenvalue weighted by atomic mass is 32.1. The average Bonchev–Trinajstić information content (AvgIpc) is 4.05. The molecule has 0 saturated heterocycles. The lowest BCUT2D eigenvalue weighted by molar-refractivity contribution is 0.669. The summed E-state index contributed by atoms with van der Waals surface area (Å²) >= 11 is 1.86. The maximum Gasteiger partial charge on any atom is 0.138 e. The summed E-state index contributed by atoms with van der Waals surface area (Å²) in [5.74, 6) is 0. The number of fused-ring (bicyclic) bond motifs is 12. The molecule has 14 aromatic rings. The molecule has 3 aromatic heterocycles. The van der Waals surface area contributed by atoms with Gasteiger partial charge in [0, 0.05) is 76.1 Å². The van der Waals surface area contributed by atoms with E-state index in [4.69, 9.17) is 4.42 Å². The fourth-order valence-corrected chi connectivity index (χ4v) is 11.8. The number of para-hydroxylation sites is 3. The molecule has 0 aliphatic carbocycles. The summed E-state index contributed by atoms with van der Waals surface area (Å²) < 4.78 is 11.8. The molecule has 0 saturated carbocycles. The van der Waals surface area contributed by atoms with Crippen LogP contribution in [0.1, 0.15) is 0 Å². The quantitative estimate of drug-likeness (QED) is 0.155. The van der Waals surface area contributed by atoms with Crippen molar-refractivity contribution < 1.29 is 4.42 Å². The molecule has 308 valence electrons. The Morgan fingerprint density at radius 2 is 1.00 bits per heavy atom. The van der Waals surface area contributed by atoms with E-state index in [0.717, 1.165) is 55.7 Å². The van der Waals surface area contributed by atoms with Crippen molar-refractivity contribution in [3.05, 3.63) is 231 Å². The van der Waals surface area contributed by atoms with Crippen LogP contribution in [0.2, 0.25) is 0 Å². The van der Waals surface area contributed by atoms with Gasteiger partial charge in [0.1, 0.15) is 11.2 Å².